The van der Waals surface area contributed by atoms with Crippen molar-refractivity contribution in [1.82, 2.24) is 0 Å². The third-order valence-corrected chi connectivity index (χ3v) is 2.16. The summed E-state index contributed by atoms with van der Waals surface area (Å²) in [5.41, 5.74) is 1.30. The molecule has 0 spiro atoms. The maximum absolute atomic E-state index is 4.14. The summed E-state index contributed by atoms with van der Waals surface area (Å²) >= 11 is -0.00316. The van der Waals surface area contributed by atoms with Crippen LogP contribution in [0.5, 0.6) is 0 Å². The van der Waals surface area contributed by atoms with E-state index in [-0.39, 0.29) is 21.5 Å². The average Bonchev–Trinajstić information content (AvgIpc) is 1.94. The minimum atomic E-state index is -0.00316. The van der Waals surface area contributed by atoms with E-state index in [0.29, 0.717) is 0 Å². The van der Waals surface area contributed by atoms with Gasteiger partial charge in [-0.15, -0.1) is 0 Å². The van der Waals surface area contributed by atoms with Crippen LogP contribution < -0.4 is 21.5 Å². The number of halogens is 1. The average molecular weight is 220 g/mol. The Morgan fingerprint density at radius 3 is 3.38 bits per heavy atom. The fourth-order valence-electron chi connectivity index (χ4n) is 0.394. The van der Waals surface area contributed by atoms with Gasteiger partial charge in [0.15, 0.2) is 0 Å². The second-order valence-corrected chi connectivity index (χ2v) is 3.38. The van der Waals surface area contributed by atoms with Gasteiger partial charge in [-0.3, -0.25) is 0 Å². The topological polar surface area (TPSA) is 12.4 Å². The molecule has 0 amide bonds. The summed E-state index contributed by atoms with van der Waals surface area (Å²) in [5.74, 6) is 0. The number of hydrogen-bond donors (Lipinski definition) is 0. The third-order valence-electron chi connectivity index (χ3n) is 0.832. The Morgan fingerprint density at radius 2 is 2.50 bits per heavy atom. The molecule has 0 saturated carbocycles. The van der Waals surface area contributed by atoms with E-state index in [4.69, 9.17) is 0 Å². The fraction of sp³-hybridized carbons (Fsp3) is 0.167. The molecule has 1 nitrogen and oxygen atoms in total. The molecule has 0 bridgehead atoms. The first-order valence-electron chi connectivity index (χ1n) is 2.39. The van der Waals surface area contributed by atoms with Gasteiger partial charge in [-0.25, -0.2) is 0 Å². The molecule has 0 aliphatic carbocycles. The van der Waals surface area contributed by atoms with E-state index < -0.39 is 0 Å². The molecule has 0 fully saturated rings. The van der Waals surface area contributed by atoms with Gasteiger partial charge in [0.05, 0.1) is 0 Å². The van der Waals surface area contributed by atoms with Gasteiger partial charge in [0, 0.05) is 0 Å². The van der Waals surface area contributed by atoms with Gasteiger partial charge in [0.25, 0.3) is 0 Å². The van der Waals surface area contributed by atoms with Crippen LogP contribution in [0.15, 0.2) is 25.0 Å². The molecule has 0 radical (unpaired) electrons. The molecule has 1 heterocycles. The van der Waals surface area contributed by atoms with E-state index in [0.717, 1.165) is 0 Å². The van der Waals surface area contributed by atoms with Crippen LogP contribution in [0.2, 0.25) is 0 Å². The molecular formula is C6H7IN-. The predicted molar refractivity (Wildman–Crippen MR) is 31.4 cm³/mol. The zero-order valence-corrected chi connectivity index (χ0v) is 6.79. The molecule has 8 heavy (non-hydrogen) atoms. The zero-order chi connectivity index (χ0) is 5.82. The Hall–Kier alpha value is -0.120. The van der Waals surface area contributed by atoms with Crippen LogP contribution >= 0.6 is 0 Å². The molecule has 1 aliphatic rings. The minimum absolute atomic E-state index is 0.00316. The molecule has 0 saturated heterocycles. The van der Waals surface area contributed by atoms with Gasteiger partial charge in [-0.2, -0.15) is 0 Å². The summed E-state index contributed by atoms with van der Waals surface area (Å²) in [6.07, 6.45) is 6.05. The van der Waals surface area contributed by atoms with Crippen molar-refractivity contribution in [3.63, 3.8) is 0 Å². The standard InChI is InChI=1S/C6H7IN/c1-6-2-4-7-8-5-3-6/h2-5H,1H3/q-1. The van der Waals surface area contributed by atoms with E-state index in [1.165, 1.54) is 5.57 Å². The summed E-state index contributed by atoms with van der Waals surface area (Å²) in [6.45, 7) is 2.08. The molecule has 0 atom stereocenters. The molecule has 2 heteroatoms. The van der Waals surface area contributed by atoms with Crippen LogP contribution in [-0.4, -0.2) is 6.21 Å². The first kappa shape index (κ1) is 6.01. The van der Waals surface area contributed by atoms with Crippen molar-refractivity contribution in [2.75, 3.05) is 0 Å². The normalized spacial score (nSPS) is 18.9. The van der Waals surface area contributed by atoms with Crippen molar-refractivity contribution >= 4 is 6.21 Å². The first-order valence-corrected chi connectivity index (χ1v) is 4.60. The molecule has 0 aromatic rings. The van der Waals surface area contributed by atoms with Crippen molar-refractivity contribution in [1.29, 1.82) is 0 Å². The van der Waals surface area contributed by atoms with Crippen molar-refractivity contribution in [3.8, 4) is 0 Å². The van der Waals surface area contributed by atoms with Crippen LogP contribution in [0, 0.1) is 0 Å². The van der Waals surface area contributed by atoms with E-state index in [1.807, 2.05) is 12.3 Å². The summed E-state index contributed by atoms with van der Waals surface area (Å²) in [7, 11) is 0. The number of hydrogen-bond acceptors (Lipinski definition) is 1. The van der Waals surface area contributed by atoms with Crippen LogP contribution in [0.25, 0.3) is 0 Å². The van der Waals surface area contributed by atoms with Gasteiger partial charge in [-0.05, 0) is 0 Å². The molecule has 0 N–H and O–H groups in total. The van der Waals surface area contributed by atoms with Crippen molar-refractivity contribution in [2.24, 2.45) is 3.21 Å². The van der Waals surface area contributed by atoms with E-state index >= 15 is 0 Å². The van der Waals surface area contributed by atoms with Gasteiger partial charge >= 0.3 is 59.6 Å². The summed E-state index contributed by atoms with van der Waals surface area (Å²) < 4.78 is 6.30. The van der Waals surface area contributed by atoms with E-state index in [9.17, 15) is 0 Å². The Bertz CT molecular complexity index is 156. The number of nitrogens with zero attached hydrogens (tertiary/aromatic N) is 1. The molecular weight excluding hydrogens is 213 g/mol. The summed E-state index contributed by atoms with van der Waals surface area (Å²) in [4.78, 5) is 0. The molecule has 0 unspecified atom stereocenters. The second-order valence-electron chi connectivity index (χ2n) is 1.55. The monoisotopic (exact) mass is 220 g/mol. The zero-order valence-electron chi connectivity index (χ0n) is 4.63. The van der Waals surface area contributed by atoms with Crippen LogP contribution in [0.4, 0.5) is 0 Å². The molecule has 0 aromatic carbocycles. The van der Waals surface area contributed by atoms with E-state index in [1.54, 1.807) is 0 Å². The van der Waals surface area contributed by atoms with Crippen molar-refractivity contribution < 1.29 is 21.5 Å². The van der Waals surface area contributed by atoms with E-state index in [2.05, 4.69) is 20.3 Å². The molecule has 1 aliphatic heterocycles. The van der Waals surface area contributed by atoms with Crippen LogP contribution in [-0.2, 0) is 0 Å². The van der Waals surface area contributed by atoms with Crippen LogP contribution in [0.3, 0.4) is 0 Å². The quantitative estimate of drug-likeness (QED) is 0.442. The summed E-state index contributed by atoms with van der Waals surface area (Å²) in [5, 5.41) is 0. The number of allylic oxidation sites excluding steroid dienone is 3. The van der Waals surface area contributed by atoms with Crippen molar-refractivity contribution in [3.05, 3.63) is 21.8 Å². The SMILES string of the molecule is CC1=CC=N[I-]C=C1. The van der Waals surface area contributed by atoms with Gasteiger partial charge in [0.1, 0.15) is 0 Å². The van der Waals surface area contributed by atoms with Crippen LogP contribution in [0.1, 0.15) is 6.92 Å². The Morgan fingerprint density at radius 1 is 1.62 bits per heavy atom. The predicted octanol–water partition coefficient (Wildman–Crippen LogP) is -1.47. The summed E-state index contributed by atoms with van der Waals surface area (Å²) in [6, 6.07) is 0. The Labute approximate surface area is 59.8 Å². The third kappa shape index (κ3) is 1.78. The van der Waals surface area contributed by atoms with Gasteiger partial charge in [-0.1, -0.05) is 0 Å². The van der Waals surface area contributed by atoms with Crippen molar-refractivity contribution in [2.45, 2.75) is 6.92 Å². The number of rotatable bonds is 0. The molecule has 1 rings (SSSR count). The van der Waals surface area contributed by atoms with Gasteiger partial charge < -0.3 is 0 Å². The second kappa shape index (κ2) is 3.02. The fourth-order valence-corrected chi connectivity index (χ4v) is 1.65. The Balaban J connectivity index is 2.73. The molecule has 44 valence electrons. The van der Waals surface area contributed by atoms with Gasteiger partial charge in [0.2, 0.25) is 0 Å². The maximum atomic E-state index is 4.14. The molecule has 0 aromatic heterocycles. The Kier molecular flexibility index (Phi) is 2.27. The first-order chi connectivity index (χ1) is 3.89.